The van der Waals surface area contributed by atoms with Gasteiger partial charge in [0, 0.05) is 6.54 Å². The Bertz CT molecular complexity index is 734. The Morgan fingerprint density at radius 3 is 2.42 bits per heavy atom. The molecule has 0 aliphatic carbocycles. The molecule has 1 amide bonds. The van der Waals surface area contributed by atoms with Gasteiger partial charge in [-0.2, -0.15) is 0 Å². The largest absolute Gasteiger partial charge is 0.495 e. The first-order valence-electron chi connectivity index (χ1n) is 8.42. The third-order valence-electron chi connectivity index (χ3n) is 3.84. The summed E-state index contributed by atoms with van der Waals surface area (Å²) in [6, 6.07) is 13.2. The fraction of sp³-hybridized carbons (Fsp3) is 0.350. The average molecular weight is 358 g/mol. The van der Waals surface area contributed by atoms with E-state index in [-0.39, 0.29) is 12.5 Å². The van der Waals surface area contributed by atoms with E-state index in [9.17, 15) is 4.79 Å². The fourth-order valence-electron chi connectivity index (χ4n) is 2.48. The number of para-hydroxylation sites is 2. The first-order valence-corrected chi connectivity index (χ1v) is 8.42. The number of nitrogens with one attached hydrogen (secondary N) is 1. The van der Waals surface area contributed by atoms with Gasteiger partial charge in [-0.3, -0.25) is 9.69 Å². The lowest BCUT2D eigenvalue weighted by Gasteiger charge is -2.18. The van der Waals surface area contributed by atoms with Crippen LogP contribution in [-0.2, 0) is 4.79 Å². The van der Waals surface area contributed by atoms with Crippen LogP contribution in [0.4, 0.5) is 5.69 Å². The predicted molar refractivity (Wildman–Crippen MR) is 102 cm³/mol. The van der Waals surface area contributed by atoms with E-state index in [0.717, 1.165) is 5.56 Å². The van der Waals surface area contributed by atoms with Crippen LogP contribution in [0.1, 0.15) is 5.56 Å². The minimum absolute atomic E-state index is 0.103. The quantitative estimate of drug-likeness (QED) is 0.747. The van der Waals surface area contributed by atoms with Crippen molar-refractivity contribution in [3.8, 4) is 17.2 Å². The van der Waals surface area contributed by atoms with Crippen LogP contribution in [0.3, 0.4) is 0 Å². The average Bonchev–Trinajstić information content (AvgIpc) is 2.62. The molecule has 0 radical (unpaired) electrons. The Balaban J connectivity index is 1.81. The van der Waals surface area contributed by atoms with Gasteiger partial charge in [-0.1, -0.05) is 18.2 Å². The summed E-state index contributed by atoms with van der Waals surface area (Å²) < 4.78 is 16.3. The first-order chi connectivity index (χ1) is 12.5. The molecule has 0 unspecified atom stereocenters. The van der Waals surface area contributed by atoms with Crippen molar-refractivity contribution in [1.29, 1.82) is 0 Å². The number of anilines is 1. The maximum atomic E-state index is 12.3. The molecule has 0 saturated carbocycles. The Morgan fingerprint density at radius 1 is 1.04 bits per heavy atom. The third-order valence-corrected chi connectivity index (χ3v) is 3.84. The van der Waals surface area contributed by atoms with Crippen molar-refractivity contribution in [1.82, 2.24) is 4.90 Å². The molecule has 2 aromatic rings. The van der Waals surface area contributed by atoms with Crippen LogP contribution in [0.25, 0.3) is 0 Å². The minimum atomic E-state index is -0.103. The summed E-state index contributed by atoms with van der Waals surface area (Å²) >= 11 is 0. The highest BCUT2D eigenvalue weighted by Crippen LogP contribution is 2.26. The number of benzene rings is 2. The summed E-state index contributed by atoms with van der Waals surface area (Å²) in [5.41, 5.74) is 1.73. The molecule has 2 aromatic carbocycles. The van der Waals surface area contributed by atoms with E-state index < -0.39 is 0 Å². The fourth-order valence-corrected chi connectivity index (χ4v) is 2.48. The van der Waals surface area contributed by atoms with Crippen molar-refractivity contribution < 1.29 is 19.0 Å². The molecular formula is C20H26N2O4. The number of carbonyl (C=O) groups is 1. The van der Waals surface area contributed by atoms with Crippen molar-refractivity contribution in [3.05, 3.63) is 48.0 Å². The second-order valence-electron chi connectivity index (χ2n) is 5.99. The Hall–Kier alpha value is -2.73. The standard InChI is InChI=1S/C20H26N2O4/c1-15-9-10-17(24-3)16(13-15)21-20(23)14-22(2)11-12-26-19-8-6-5-7-18(19)25-4/h5-10,13H,11-12,14H2,1-4H3,(H,21,23). The molecule has 0 fully saturated rings. The predicted octanol–water partition coefficient (Wildman–Crippen LogP) is 2.96. The molecule has 6 heteroatoms. The Morgan fingerprint density at radius 2 is 1.73 bits per heavy atom. The number of likely N-dealkylation sites (N-methyl/N-ethyl adjacent to an activating group) is 1. The maximum absolute atomic E-state index is 12.3. The lowest BCUT2D eigenvalue weighted by Crippen LogP contribution is -2.33. The smallest absolute Gasteiger partial charge is 0.238 e. The lowest BCUT2D eigenvalue weighted by molar-refractivity contribution is -0.117. The molecule has 0 atom stereocenters. The zero-order valence-electron chi connectivity index (χ0n) is 15.7. The maximum Gasteiger partial charge on any atom is 0.238 e. The Kier molecular flexibility index (Phi) is 7.29. The number of aryl methyl sites for hydroxylation is 1. The molecule has 0 spiro atoms. The van der Waals surface area contributed by atoms with E-state index in [1.807, 2.05) is 61.3 Å². The summed E-state index contributed by atoms with van der Waals surface area (Å²) in [6.07, 6.45) is 0. The van der Waals surface area contributed by atoms with Gasteiger partial charge in [-0.15, -0.1) is 0 Å². The molecular weight excluding hydrogens is 332 g/mol. The number of amides is 1. The number of ether oxygens (including phenoxy) is 3. The van der Waals surface area contributed by atoms with Crippen molar-refractivity contribution in [2.75, 3.05) is 46.3 Å². The van der Waals surface area contributed by atoms with Gasteiger partial charge in [0.15, 0.2) is 11.5 Å². The van der Waals surface area contributed by atoms with E-state index in [4.69, 9.17) is 14.2 Å². The molecule has 0 heterocycles. The van der Waals surface area contributed by atoms with E-state index in [0.29, 0.717) is 36.1 Å². The van der Waals surface area contributed by atoms with Crippen LogP contribution in [-0.4, -0.2) is 51.8 Å². The van der Waals surface area contributed by atoms with E-state index in [1.54, 1.807) is 14.2 Å². The van der Waals surface area contributed by atoms with Crippen LogP contribution in [0.5, 0.6) is 17.2 Å². The van der Waals surface area contributed by atoms with E-state index in [1.165, 1.54) is 0 Å². The zero-order chi connectivity index (χ0) is 18.9. The molecule has 140 valence electrons. The monoisotopic (exact) mass is 358 g/mol. The van der Waals surface area contributed by atoms with Gasteiger partial charge >= 0.3 is 0 Å². The first kappa shape index (κ1) is 19.6. The van der Waals surface area contributed by atoms with Crippen LogP contribution >= 0.6 is 0 Å². The van der Waals surface area contributed by atoms with Crippen LogP contribution in [0.15, 0.2) is 42.5 Å². The summed E-state index contributed by atoms with van der Waals surface area (Å²) in [7, 11) is 5.07. The van der Waals surface area contributed by atoms with Crippen molar-refractivity contribution in [2.24, 2.45) is 0 Å². The van der Waals surface area contributed by atoms with Crippen molar-refractivity contribution >= 4 is 11.6 Å². The van der Waals surface area contributed by atoms with Gasteiger partial charge in [0.2, 0.25) is 5.91 Å². The number of carbonyl (C=O) groups excluding carboxylic acids is 1. The highest BCUT2D eigenvalue weighted by atomic mass is 16.5. The van der Waals surface area contributed by atoms with Gasteiger partial charge in [-0.05, 0) is 43.8 Å². The molecule has 0 aliphatic heterocycles. The van der Waals surface area contributed by atoms with Crippen molar-refractivity contribution in [3.63, 3.8) is 0 Å². The highest BCUT2D eigenvalue weighted by Gasteiger charge is 2.11. The minimum Gasteiger partial charge on any atom is -0.495 e. The van der Waals surface area contributed by atoms with Crippen LogP contribution in [0, 0.1) is 6.92 Å². The molecule has 0 bridgehead atoms. The number of rotatable bonds is 9. The third kappa shape index (κ3) is 5.67. The summed E-state index contributed by atoms with van der Waals surface area (Å²) in [5.74, 6) is 1.93. The Labute approximate surface area is 154 Å². The molecule has 0 aromatic heterocycles. The molecule has 1 N–H and O–H groups in total. The highest BCUT2D eigenvalue weighted by molar-refractivity contribution is 5.93. The molecule has 0 saturated heterocycles. The molecule has 6 nitrogen and oxygen atoms in total. The summed E-state index contributed by atoms with van der Waals surface area (Å²) in [6.45, 7) is 3.29. The van der Waals surface area contributed by atoms with Gasteiger partial charge in [0.05, 0.1) is 26.5 Å². The van der Waals surface area contributed by atoms with E-state index in [2.05, 4.69) is 5.32 Å². The van der Waals surface area contributed by atoms with Crippen LogP contribution < -0.4 is 19.5 Å². The summed E-state index contributed by atoms with van der Waals surface area (Å²) in [5, 5.41) is 2.89. The zero-order valence-corrected chi connectivity index (χ0v) is 15.7. The molecule has 0 aliphatic rings. The van der Waals surface area contributed by atoms with Gasteiger partial charge in [0.25, 0.3) is 0 Å². The SMILES string of the molecule is COc1ccc(C)cc1NC(=O)CN(C)CCOc1ccccc1OC. The summed E-state index contributed by atoms with van der Waals surface area (Å²) in [4.78, 5) is 14.2. The van der Waals surface area contributed by atoms with Gasteiger partial charge in [0.1, 0.15) is 12.4 Å². The number of hydrogen-bond donors (Lipinski definition) is 1. The number of hydrogen-bond acceptors (Lipinski definition) is 5. The van der Waals surface area contributed by atoms with Crippen LogP contribution in [0.2, 0.25) is 0 Å². The second-order valence-corrected chi connectivity index (χ2v) is 5.99. The topological polar surface area (TPSA) is 60.0 Å². The van der Waals surface area contributed by atoms with Crippen molar-refractivity contribution in [2.45, 2.75) is 6.92 Å². The number of nitrogens with zero attached hydrogens (tertiary/aromatic N) is 1. The van der Waals surface area contributed by atoms with Gasteiger partial charge < -0.3 is 19.5 Å². The normalized spacial score (nSPS) is 10.5. The van der Waals surface area contributed by atoms with Gasteiger partial charge in [-0.25, -0.2) is 0 Å². The lowest BCUT2D eigenvalue weighted by atomic mass is 10.2. The molecule has 26 heavy (non-hydrogen) atoms. The molecule has 2 rings (SSSR count). The second kappa shape index (κ2) is 9.68. The number of methoxy groups -OCH3 is 2. The van der Waals surface area contributed by atoms with E-state index >= 15 is 0 Å².